The van der Waals surface area contributed by atoms with Gasteiger partial charge in [0.1, 0.15) is 5.75 Å². The number of benzene rings is 2. The fraction of sp³-hybridized carbons (Fsp3) is 0.364. The van der Waals surface area contributed by atoms with Crippen molar-refractivity contribution in [3.8, 4) is 5.75 Å². The number of methoxy groups -OCH3 is 1. The molecule has 6 heteroatoms. The van der Waals surface area contributed by atoms with Crippen LogP contribution in [0, 0.1) is 0 Å². The van der Waals surface area contributed by atoms with Crippen LogP contribution in [0.2, 0.25) is 0 Å². The standard InChI is InChI=1S/C22H27N3O3/c1-28-20-9-5-8-19(14-20)15-22(27)25-12-10-24(11-13-25)17-21(26)23-16-18-6-3-2-4-7-18/h2-9,14H,10-13,15-17H2,1H3,(H,23,26). The van der Waals surface area contributed by atoms with Crippen molar-refractivity contribution in [2.45, 2.75) is 13.0 Å². The number of carbonyl (C=O) groups excluding carboxylic acids is 2. The number of rotatable bonds is 7. The van der Waals surface area contributed by atoms with E-state index in [1.54, 1.807) is 7.11 Å². The normalized spacial score (nSPS) is 14.5. The summed E-state index contributed by atoms with van der Waals surface area (Å²) in [6.45, 7) is 3.62. The highest BCUT2D eigenvalue weighted by Crippen LogP contribution is 2.14. The van der Waals surface area contributed by atoms with Gasteiger partial charge in [-0.15, -0.1) is 0 Å². The third-order valence-corrected chi connectivity index (χ3v) is 4.91. The molecule has 0 radical (unpaired) electrons. The first-order valence-electron chi connectivity index (χ1n) is 9.58. The molecule has 0 bridgehead atoms. The maximum Gasteiger partial charge on any atom is 0.234 e. The molecule has 1 aliphatic rings. The lowest BCUT2D eigenvalue weighted by Crippen LogP contribution is -2.51. The third kappa shape index (κ3) is 5.82. The number of carbonyl (C=O) groups is 2. The van der Waals surface area contributed by atoms with E-state index in [2.05, 4.69) is 10.2 Å². The summed E-state index contributed by atoms with van der Waals surface area (Å²) < 4.78 is 5.21. The molecule has 2 aromatic rings. The SMILES string of the molecule is COc1cccc(CC(=O)N2CCN(CC(=O)NCc3ccccc3)CC2)c1. The molecule has 3 rings (SSSR count). The van der Waals surface area contributed by atoms with Crippen molar-refractivity contribution >= 4 is 11.8 Å². The van der Waals surface area contributed by atoms with Gasteiger partial charge in [0, 0.05) is 32.7 Å². The molecule has 148 valence electrons. The molecule has 0 saturated carbocycles. The van der Waals surface area contributed by atoms with Crippen LogP contribution in [0.3, 0.4) is 0 Å². The van der Waals surface area contributed by atoms with Crippen LogP contribution in [-0.4, -0.2) is 61.4 Å². The highest BCUT2D eigenvalue weighted by molar-refractivity contribution is 5.79. The van der Waals surface area contributed by atoms with Gasteiger partial charge in [-0.2, -0.15) is 0 Å². The molecule has 2 aromatic carbocycles. The summed E-state index contributed by atoms with van der Waals surface area (Å²) in [4.78, 5) is 28.7. The molecule has 1 fully saturated rings. The minimum Gasteiger partial charge on any atom is -0.497 e. The van der Waals surface area contributed by atoms with E-state index in [-0.39, 0.29) is 11.8 Å². The summed E-state index contributed by atoms with van der Waals surface area (Å²) in [6.07, 6.45) is 0.370. The summed E-state index contributed by atoms with van der Waals surface area (Å²) in [5.74, 6) is 0.887. The Morgan fingerprint density at radius 2 is 1.68 bits per heavy atom. The maximum absolute atomic E-state index is 12.5. The van der Waals surface area contributed by atoms with E-state index in [1.165, 1.54) is 0 Å². The number of hydrogen-bond acceptors (Lipinski definition) is 4. The number of hydrogen-bond donors (Lipinski definition) is 1. The first-order valence-corrected chi connectivity index (χ1v) is 9.58. The van der Waals surface area contributed by atoms with Crippen molar-refractivity contribution < 1.29 is 14.3 Å². The Hall–Kier alpha value is -2.86. The maximum atomic E-state index is 12.5. The van der Waals surface area contributed by atoms with Crippen molar-refractivity contribution in [3.63, 3.8) is 0 Å². The number of piperazine rings is 1. The van der Waals surface area contributed by atoms with Crippen LogP contribution in [0.1, 0.15) is 11.1 Å². The molecule has 6 nitrogen and oxygen atoms in total. The average Bonchev–Trinajstić information content (AvgIpc) is 2.73. The smallest absolute Gasteiger partial charge is 0.234 e. The summed E-state index contributed by atoms with van der Waals surface area (Å²) in [5, 5.41) is 2.95. The van der Waals surface area contributed by atoms with Gasteiger partial charge in [0.15, 0.2) is 0 Å². The molecule has 0 aliphatic carbocycles. The molecule has 0 spiro atoms. The van der Waals surface area contributed by atoms with Crippen LogP contribution in [-0.2, 0) is 22.6 Å². The van der Waals surface area contributed by atoms with Gasteiger partial charge in [0.25, 0.3) is 0 Å². The molecule has 1 saturated heterocycles. The van der Waals surface area contributed by atoms with Crippen molar-refractivity contribution in [3.05, 3.63) is 65.7 Å². The first kappa shape index (κ1) is 19.9. The highest BCUT2D eigenvalue weighted by atomic mass is 16.5. The largest absolute Gasteiger partial charge is 0.497 e. The Morgan fingerprint density at radius 1 is 0.964 bits per heavy atom. The molecule has 1 aliphatic heterocycles. The van der Waals surface area contributed by atoms with Gasteiger partial charge in [-0.25, -0.2) is 0 Å². The number of ether oxygens (including phenoxy) is 1. The number of nitrogens with one attached hydrogen (secondary N) is 1. The second-order valence-electron chi connectivity index (χ2n) is 6.95. The zero-order valence-electron chi connectivity index (χ0n) is 16.3. The van der Waals surface area contributed by atoms with E-state index in [9.17, 15) is 9.59 Å². The predicted octanol–water partition coefficient (Wildman–Crippen LogP) is 1.70. The van der Waals surface area contributed by atoms with Crippen molar-refractivity contribution in [1.29, 1.82) is 0 Å². The minimum absolute atomic E-state index is 0.0139. The van der Waals surface area contributed by atoms with Gasteiger partial charge < -0.3 is 15.0 Å². The van der Waals surface area contributed by atoms with Gasteiger partial charge >= 0.3 is 0 Å². The molecular weight excluding hydrogens is 354 g/mol. The van der Waals surface area contributed by atoms with Crippen LogP contribution >= 0.6 is 0 Å². The number of amides is 2. The molecular formula is C22H27N3O3. The lowest BCUT2D eigenvalue weighted by molar-refractivity contribution is -0.132. The summed E-state index contributed by atoms with van der Waals surface area (Å²) in [6, 6.07) is 17.5. The second-order valence-corrected chi connectivity index (χ2v) is 6.95. The molecule has 0 unspecified atom stereocenters. The quantitative estimate of drug-likeness (QED) is 0.793. The molecule has 1 N–H and O–H groups in total. The zero-order valence-corrected chi connectivity index (χ0v) is 16.3. The second kappa shape index (κ2) is 9.90. The Bertz CT molecular complexity index is 787. The molecule has 0 atom stereocenters. The van der Waals surface area contributed by atoms with E-state index in [0.717, 1.165) is 16.9 Å². The van der Waals surface area contributed by atoms with Crippen LogP contribution in [0.15, 0.2) is 54.6 Å². The first-order chi connectivity index (χ1) is 13.6. The lowest BCUT2D eigenvalue weighted by Gasteiger charge is -2.34. The van der Waals surface area contributed by atoms with Crippen LogP contribution in [0.4, 0.5) is 0 Å². The van der Waals surface area contributed by atoms with Gasteiger partial charge in [0.05, 0.1) is 20.1 Å². The van der Waals surface area contributed by atoms with Crippen molar-refractivity contribution in [2.75, 3.05) is 39.8 Å². The zero-order chi connectivity index (χ0) is 19.8. The van der Waals surface area contributed by atoms with Gasteiger partial charge in [-0.3, -0.25) is 14.5 Å². The van der Waals surface area contributed by atoms with Crippen LogP contribution in [0.5, 0.6) is 5.75 Å². The van der Waals surface area contributed by atoms with E-state index >= 15 is 0 Å². The minimum atomic E-state index is 0.0139. The summed E-state index contributed by atoms with van der Waals surface area (Å²) >= 11 is 0. The predicted molar refractivity (Wildman–Crippen MR) is 108 cm³/mol. The third-order valence-electron chi connectivity index (χ3n) is 4.91. The summed E-state index contributed by atoms with van der Waals surface area (Å²) in [5.41, 5.74) is 2.04. The fourth-order valence-corrected chi connectivity index (χ4v) is 3.28. The van der Waals surface area contributed by atoms with E-state index in [0.29, 0.717) is 45.7 Å². The van der Waals surface area contributed by atoms with Crippen molar-refractivity contribution in [1.82, 2.24) is 15.1 Å². The van der Waals surface area contributed by atoms with Crippen LogP contribution < -0.4 is 10.1 Å². The Kier molecular flexibility index (Phi) is 7.03. The Labute approximate surface area is 166 Å². The Balaban J connectivity index is 1.40. The highest BCUT2D eigenvalue weighted by Gasteiger charge is 2.22. The van der Waals surface area contributed by atoms with Gasteiger partial charge in [-0.1, -0.05) is 42.5 Å². The fourth-order valence-electron chi connectivity index (χ4n) is 3.28. The van der Waals surface area contributed by atoms with Crippen molar-refractivity contribution in [2.24, 2.45) is 0 Å². The lowest BCUT2D eigenvalue weighted by atomic mass is 10.1. The van der Waals surface area contributed by atoms with Gasteiger partial charge in [0.2, 0.25) is 11.8 Å². The topological polar surface area (TPSA) is 61.9 Å². The summed E-state index contributed by atoms with van der Waals surface area (Å²) in [7, 11) is 1.62. The van der Waals surface area contributed by atoms with E-state index in [4.69, 9.17) is 4.74 Å². The monoisotopic (exact) mass is 381 g/mol. The molecule has 1 heterocycles. The van der Waals surface area contributed by atoms with E-state index in [1.807, 2.05) is 59.5 Å². The molecule has 28 heavy (non-hydrogen) atoms. The van der Waals surface area contributed by atoms with Gasteiger partial charge in [-0.05, 0) is 23.3 Å². The molecule has 2 amide bonds. The number of nitrogens with zero attached hydrogens (tertiary/aromatic N) is 2. The average molecular weight is 381 g/mol. The molecule has 0 aromatic heterocycles. The van der Waals surface area contributed by atoms with Crippen LogP contribution in [0.25, 0.3) is 0 Å². The van der Waals surface area contributed by atoms with E-state index < -0.39 is 0 Å². The Morgan fingerprint density at radius 3 is 2.39 bits per heavy atom.